The molecule has 3 N–H and O–H groups in total. The molecule has 0 aliphatic carbocycles. The van der Waals surface area contributed by atoms with Gasteiger partial charge in [0.2, 0.25) is 0 Å². The van der Waals surface area contributed by atoms with Crippen molar-refractivity contribution in [2.75, 3.05) is 19.7 Å². The fourth-order valence-electron chi connectivity index (χ4n) is 1.32. The zero-order valence-corrected chi connectivity index (χ0v) is 11.6. The topological polar surface area (TPSA) is 70.6 Å². The minimum Gasteiger partial charge on any atom is -0.492 e. The lowest BCUT2D eigenvalue weighted by atomic mass is 10.3. The van der Waals surface area contributed by atoms with E-state index in [9.17, 15) is 4.79 Å². The van der Waals surface area contributed by atoms with Crippen LogP contribution in [0.3, 0.4) is 0 Å². The Hall–Kier alpha value is -1.46. The van der Waals surface area contributed by atoms with Crippen LogP contribution in [-0.2, 0) is 0 Å². The van der Waals surface area contributed by atoms with E-state index < -0.39 is 6.10 Å². The first-order valence-corrected chi connectivity index (χ1v) is 6.54. The van der Waals surface area contributed by atoms with Crippen LogP contribution >= 0.6 is 11.6 Å². The van der Waals surface area contributed by atoms with Crippen LogP contribution in [0.1, 0.15) is 13.3 Å². The number of carbonyl (C=O) groups excluding carboxylic acids is 1. The largest absolute Gasteiger partial charge is 0.492 e. The van der Waals surface area contributed by atoms with E-state index in [1.807, 2.05) is 0 Å². The van der Waals surface area contributed by atoms with Crippen molar-refractivity contribution in [1.82, 2.24) is 10.6 Å². The molecule has 0 spiro atoms. The Morgan fingerprint density at radius 2 is 1.95 bits per heavy atom. The smallest absolute Gasteiger partial charge is 0.314 e. The van der Waals surface area contributed by atoms with Crippen molar-refractivity contribution >= 4 is 17.6 Å². The Balaban J connectivity index is 2.07. The standard InChI is InChI=1S/C13H19ClN2O3/c1-10(17)6-7-15-13(18)16-8-9-19-12-4-2-11(14)3-5-12/h2-5,10,17H,6-9H2,1H3,(H2,15,16,18). The maximum Gasteiger partial charge on any atom is 0.314 e. The van der Waals surface area contributed by atoms with Crippen LogP contribution in [0.2, 0.25) is 5.02 Å². The van der Waals surface area contributed by atoms with Gasteiger partial charge in [-0.25, -0.2) is 4.79 Å². The number of benzene rings is 1. The highest BCUT2D eigenvalue weighted by Crippen LogP contribution is 2.14. The summed E-state index contributed by atoms with van der Waals surface area (Å²) in [6, 6.07) is 6.76. The average molecular weight is 287 g/mol. The number of rotatable bonds is 7. The van der Waals surface area contributed by atoms with E-state index in [2.05, 4.69) is 10.6 Å². The van der Waals surface area contributed by atoms with Crippen LogP contribution in [0.15, 0.2) is 24.3 Å². The number of nitrogens with one attached hydrogen (secondary N) is 2. The number of aliphatic hydroxyl groups excluding tert-OH is 1. The third kappa shape index (κ3) is 7.54. The average Bonchev–Trinajstić information content (AvgIpc) is 2.36. The van der Waals surface area contributed by atoms with Crippen molar-refractivity contribution in [3.63, 3.8) is 0 Å². The quantitative estimate of drug-likeness (QED) is 0.669. The SMILES string of the molecule is CC(O)CCNC(=O)NCCOc1ccc(Cl)cc1. The van der Waals surface area contributed by atoms with Gasteiger partial charge in [-0.1, -0.05) is 11.6 Å². The van der Waals surface area contributed by atoms with Gasteiger partial charge < -0.3 is 20.5 Å². The minimum atomic E-state index is -0.409. The van der Waals surface area contributed by atoms with E-state index in [1.54, 1.807) is 31.2 Å². The van der Waals surface area contributed by atoms with Gasteiger partial charge in [0, 0.05) is 11.6 Å². The first kappa shape index (κ1) is 15.6. The molecule has 0 heterocycles. The van der Waals surface area contributed by atoms with Gasteiger partial charge in [-0.05, 0) is 37.6 Å². The molecule has 0 fully saturated rings. The number of hydrogen-bond donors (Lipinski definition) is 3. The second-order valence-electron chi connectivity index (χ2n) is 4.12. The molecule has 5 nitrogen and oxygen atoms in total. The molecule has 1 aromatic carbocycles. The van der Waals surface area contributed by atoms with Gasteiger partial charge in [0.15, 0.2) is 0 Å². The zero-order chi connectivity index (χ0) is 14.1. The van der Waals surface area contributed by atoms with E-state index in [0.29, 0.717) is 36.9 Å². The molecule has 1 rings (SSSR count). The second kappa shape index (κ2) is 8.61. The Labute approximate surface area is 117 Å². The van der Waals surface area contributed by atoms with Gasteiger partial charge in [0.1, 0.15) is 12.4 Å². The monoisotopic (exact) mass is 286 g/mol. The molecule has 0 aliphatic rings. The molecule has 0 aliphatic heterocycles. The van der Waals surface area contributed by atoms with Gasteiger partial charge in [0.25, 0.3) is 0 Å². The highest BCUT2D eigenvalue weighted by atomic mass is 35.5. The summed E-state index contributed by atoms with van der Waals surface area (Å²) in [4.78, 5) is 11.3. The van der Waals surface area contributed by atoms with Gasteiger partial charge in [-0.3, -0.25) is 0 Å². The van der Waals surface area contributed by atoms with E-state index in [1.165, 1.54) is 0 Å². The fourth-order valence-corrected chi connectivity index (χ4v) is 1.45. The van der Waals surface area contributed by atoms with E-state index in [4.69, 9.17) is 21.4 Å². The molecular weight excluding hydrogens is 268 g/mol. The molecule has 0 radical (unpaired) electrons. The van der Waals surface area contributed by atoms with Crippen LogP contribution in [0, 0.1) is 0 Å². The van der Waals surface area contributed by atoms with E-state index in [-0.39, 0.29) is 6.03 Å². The highest BCUT2D eigenvalue weighted by Gasteiger charge is 2.01. The van der Waals surface area contributed by atoms with Crippen LogP contribution in [0.4, 0.5) is 4.79 Å². The maximum atomic E-state index is 11.3. The summed E-state index contributed by atoms with van der Waals surface area (Å²) in [6.07, 6.45) is 0.128. The highest BCUT2D eigenvalue weighted by molar-refractivity contribution is 6.30. The zero-order valence-electron chi connectivity index (χ0n) is 10.9. The lowest BCUT2D eigenvalue weighted by Crippen LogP contribution is -2.38. The van der Waals surface area contributed by atoms with Crippen LogP contribution < -0.4 is 15.4 Å². The summed E-state index contributed by atoms with van der Waals surface area (Å²) < 4.78 is 5.41. The Bertz CT molecular complexity index is 382. The molecule has 0 saturated carbocycles. The van der Waals surface area contributed by atoms with Gasteiger partial charge >= 0.3 is 6.03 Å². The van der Waals surface area contributed by atoms with Crippen LogP contribution in [0.25, 0.3) is 0 Å². The van der Waals surface area contributed by atoms with E-state index in [0.717, 1.165) is 0 Å². The first-order chi connectivity index (χ1) is 9.08. The molecule has 1 atom stereocenters. The number of hydrogen-bond acceptors (Lipinski definition) is 3. The predicted molar refractivity (Wildman–Crippen MR) is 74.6 cm³/mol. The van der Waals surface area contributed by atoms with Crippen molar-refractivity contribution < 1.29 is 14.6 Å². The minimum absolute atomic E-state index is 0.264. The predicted octanol–water partition coefficient (Wildman–Crippen LogP) is 1.79. The molecule has 1 aromatic rings. The third-order valence-corrected chi connectivity index (χ3v) is 2.57. The number of aliphatic hydroxyl groups is 1. The molecule has 19 heavy (non-hydrogen) atoms. The van der Waals surface area contributed by atoms with Gasteiger partial charge in [0.05, 0.1) is 12.6 Å². The number of carbonyl (C=O) groups is 1. The second-order valence-corrected chi connectivity index (χ2v) is 4.56. The van der Waals surface area contributed by atoms with Crippen LogP contribution in [0.5, 0.6) is 5.75 Å². The summed E-state index contributed by atoms with van der Waals surface area (Å²) in [7, 11) is 0. The van der Waals surface area contributed by atoms with Crippen molar-refractivity contribution in [2.24, 2.45) is 0 Å². The fraction of sp³-hybridized carbons (Fsp3) is 0.462. The lowest BCUT2D eigenvalue weighted by molar-refractivity contribution is 0.183. The summed E-state index contributed by atoms with van der Waals surface area (Å²) >= 11 is 5.75. The molecular formula is C13H19ClN2O3. The Morgan fingerprint density at radius 3 is 2.58 bits per heavy atom. The molecule has 0 bridgehead atoms. The molecule has 1 unspecified atom stereocenters. The summed E-state index contributed by atoms with van der Waals surface area (Å²) in [6.45, 7) is 2.91. The molecule has 2 amide bonds. The normalized spacial score (nSPS) is 11.7. The van der Waals surface area contributed by atoms with Gasteiger partial charge in [-0.2, -0.15) is 0 Å². The summed E-state index contributed by atoms with van der Waals surface area (Å²) in [5.74, 6) is 0.709. The molecule has 0 saturated heterocycles. The van der Waals surface area contributed by atoms with Crippen molar-refractivity contribution in [3.8, 4) is 5.75 Å². The lowest BCUT2D eigenvalue weighted by Gasteiger charge is -2.09. The first-order valence-electron chi connectivity index (χ1n) is 6.16. The Morgan fingerprint density at radius 1 is 1.32 bits per heavy atom. The number of amides is 2. The maximum absolute atomic E-state index is 11.3. The van der Waals surface area contributed by atoms with Gasteiger partial charge in [-0.15, -0.1) is 0 Å². The molecule has 0 aromatic heterocycles. The summed E-state index contributed by atoms with van der Waals surface area (Å²) in [5.41, 5.74) is 0. The molecule has 6 heteroatoms. The van der Waals surface area contributed by atoms with Crippen LogP contribution in [-0.4, -0.2) is 36.9 Å². The third-order valence-electron chi connectivity index (χ3n) is 2.32. The number of halogens is 1. The van der Waals surface area contributed by atoms with Crippen molar-refractivity contribution in [3.05, 3.63) is 29.3 Å². The molecule has 106 valence electrons. The number of ether oxygens (including phenoxy) is 1. The number of urea groups is 1. The Kier molecular flexibility index (Phi) is 7.07. The van der Waals surface area contributed by atoms with E-state index >= 15 is 0 Å². The van der Waals surface area contributed by atoms with Crippen molar-refractivity contribution in [2.45, 2.75) is 19.4 Å². The van der Waals surface area contributed by atoms with Crippen molar-refractivity contribution in [1.29, 1.82) is 0 Å². The summed E-state index contributed by atoms with van der Waals surface area (Å²) in [5, 5.41) is 15.0.